The monoisotopic (exact) mass is 372 g/mol. The molecule has 1 aliphatic heterocycles. The van der Waals surface area contributed by atoms with E-state index in [1.807, 2.05) is 36.1 Å². The van der Waals surface area contributed by atoms with Crippen LogP contribution in [0.3, 0.4) is 0 Å². The summed E-state index contributed by atoms with van der Waals surface area (Å²) in [5, 5.41) is 4.88. The number of nitrogens with one attached hydrogen (secondary N) is 1. The molecule has 3 rings (SSSR count). The first-order valence-electron chi connectivity index (χ1n) is 8.91. The highest BCUT2D eigenvalue weighted by atomic mass is 32.1. The summed E-state index contributed by atoms with van der Waals surface area (Å²) in [6.45, 7) is 4.27. The van der Waals surface area contributed by atoms with Crippen molar-refractivity contribution in [1.29, 1.82) is 0 Å². The Morgan fingerprint density at radius 3 is 3.00 bits per heavy atom. The van der Waals surface area contributed by atoms with Crippen LogP contribution in [0, 0.1) is 6.92 Å². The minimum atomic E-state index is -0.112. The molecule has 0 unspecified atom stereocenters. The fourth-order valence-electron chi connectivity index (χ4n) is 2.99. The Kier molecular flexibility index (Phi) is 6.28. The molecule has 26 heavy (non-hydrogen) atoms. The van der Waals surface area contributed by atoms with Crippen LogP contribution in [0.4, 0.5) is 0 Å². The lowest BCUT2D eigenvalue weighted by Crippen LogP contribution is -2.36. The van der Waals surface area contributed by atoms with Crippen LogP contribution < -0.4 is 10.1 Å². The summed E-state index contributed by atoms with van der Waals surface area (Å²) in [6.07, 6.45) is 1.39. The van der Waals surface area contributed by atoms with Crippen LogP contribution in [0.5, 0.6) is 5.75 Å². The number of carbonyl (C=O) groups excluding carboxylic acids is 2. The van der Waals surface area contributed by atoms with Gasteiger partial charge in [-0.15, -0.1) is 11.3 Å². The van der Waals surface area contributed by atoms with Crippen LogP contribution in [0.2, 0.25) is 0 Å². The van der Waals surface area contributed by atoms with Crippen molar-refractivity contribution in [3.8, 4) is 5.75 Å². The number of nitrogens with zero attached hydrogens (tertiary/aromatic N) is 1. The first-order chi connectivity index (χ1) is 12.6. The van der Waals surface area contributed by atoms with Crippen LogP contribution in [-0.4, -0.2) is 36.4 Å². The zero-order chi connectivity index (χ0) is 18.4. The summed E-state index contributed by atoms with van der Waals surface area (Å²) >= 11 is 1.75. The molecule has 0 spiro atoms. The van der Waals surface area contributed by atoms with E-state index in [1.54, 1.807) is 11.3 Å². The van der Waals surface area contributed by atoms with Crippen LogP contribution >= 0.6 is 11.3 Å². The Morgan fingerprint density at radius 1 is 1.27 bits per heavy atom. The third-order valence-corrected chi connectivity index (χ3v) is 5.43. The van der Waals surface area contributed by atoms with Crippen molar-refractivity contribution in [2.45, 2.75) is 32.7 Å². The van der Waals surface area contributed by atoms with Gasteiger partial charge in [0.25, 0.3) is 0 Å². The van der Waals surface area contributed by atoms with Crippen molar-refractivity contribution >= 4 is 23.2 Å². The zero-order valence-corrected chi connectivity index (χ0v) is 15.8. The van der Waals surface area contributed by atoms with Crippen molar-refractivity contribution in [3.05, 3.63) is 51.7 Å². The number of hydrogen-bond acceptors (Lipinski definition) is 4. The lowest BCUT2D eigenvalue weighted by Gasteiger charge is -2.27. The van der Waals surface area contributed by atoms with E-state index < -0.39 is 0 Å². The van der Waals surface area contributed by atoms with E-state index in [1.165, 1.54) is 10.4 Å². The molecule has 1 aromatic carbocycles. The van der Waals surface area contributed by atoms with Gasteiger partial charge in [0.1, 0.15) is 12.4 Å². The predicted molar refractivity (Wildman–Crippen MR) is 102 cm³/mol. The van der Waals surface area contributed by atoms with Gasteiger partial charge in [0.2, 0.25) is 11.8 Å². The minimum Gasteiger partial charge on any atom is -0.492 e. The molecule has 0 aliphatic carbocycles. The fourth-order valence-corrected chi connectivity index (χ4v) is 3.88. The standard InChI is InChI=1S/C20H24N2O3S/c1-15-3-2-4-17(13-15)25-11-9-21-19(23)5-6-20(24)22-10-7-18-16(14-22)8-12-26-18/h2-4,8,12-13H,5-7,9-11,14H2,1H3,(H,21,23). The molecule has 0 radical (unpaired) electrons. The van der Waals surface area contributed by atoms with E-state index >= 15 is 0 Å². The number of benzene rings is 1. The second-order valence-electron chi connectivity index (χ2n) is 6.45. The van der Waals surface area contributed by atoms with Gasteiger partial charge in [-0.1, -0.05) is 12.1 Å². The van der Waals surface area contributed by atoms with E-state index in [0.29, 0.717) is 19.7 Å². The van der Waals surface area contributed by atoms with E-state index in [-0.39, 0.29) is 24.7 Å². The highest BCUT2D eigenvalue weighted by Gasteiger charge is 2.21. The van der Waals surface area contributed by atoms with Crippen molar-refractivity contribution < 1.29 is 14.3 Å². The maximum atomic E-state index is 12.3. The number of rotatable bonds is 7. The largest absolute Gasteiger partial charge is 0.492 e. The lowest BCUT2D eigenvalue weighted by molar-refractivity contribution is -0.134. The van der Waals surface area contributed by atoms with Gasteiger partial charge in [0, 0.05) is 30.8 Å². The first-order valence-corrected chi connectivity index (χ1v) is 9.79. The minimum absolute atomic E-state index is 0.0491. The first kappa shape index (κ1) is 18.5. The smallest absolute Gasteiger partial charge is 0.223 e. The molecule has 2 amide bonds. The van der Waals surface area contributed by atoms with E-state index in [9.17, 15) is 9.59 Å². The van der Waals surface area contributed by atoms with Gasteiger partial charge < -0.3 is 15.0 Å². The van der Waals surface area contributed by atoms with Gasteiger partial charge in [-0.3, -0.25) is 9.59 Å². The fraction of sp³-hybridized carbons (Fsp3) is 0.400. The molecule has 0 bridgehead atoms. The summed E-state index contributed by atoms with van der Waals surface area (Å²) in [5.41, 5.74) is 2.38. The zero-order valence-electron chi connectivity index (χ0n) is 15.0. The maximum absolute atomic E-state index is 12.3. The normalized spacial score (nSPS) is 13.2. The van der Waals surface area contributed by atoms with Crippen LogP contribution in [0.25, 0.3) is 0 Å². The highest BCUT2D eigenvalue weighted by molar-refractivity contribution is 7.10. The third kappa shape index (κ3) is 5.08. The molecule has 138 valence electrons. The van der Waals surface area contributed by atoms with Gasteiger partial charge in [0.05, 0.1) is 6.54 Å². The molecular weight excluding hydrogens is 348 g/mol. The molecule has 0 atom stereocenters. The van der Waals surface area contributed by atoms with Gasteiger partial charge in [-0.2, -0.15) is 0 Å². The molecule has 1 aromatic heterocycles. The number of amides is 2. The lowest BCUT2D eigenvalue weighted by atomic mass is 10.1. The second-order valence-corrected chi connectivity index (χ2v) is 7.45. The van der Waals surface area contributed by atoms with Crippen LogP contribution in [0.1, 0.15) is 28.8 Å². The van der Waals surface area contributed by atoms with Crippen LogP contribution in [0.15, 0.2) is 35.7 Å². The van der Waals surface area contributed by atoms with Crippen LogP contribution in [-0.2, 0) is 22.6 Å². The number of thiophene rings is 1. The molecule has 1 aliphatic rings. The average Bonchev–Trinajstić information content (AvgIpc) is 3.11. The van der Waals surface area contributed by atoms with E-state index in [4.69, 9.17) is 4.74 Å². The molecule has 0 saturated heterocycles. The van der Waals surface area contributed by atoms with E-state index in [0.717, 1.165) is 24.3 Å². The van der Waals surface area contributed by atoms with Crippen molar-refractivity contribution in [3.63, 3.8) is 0 Å². The summed E-state index contributed by atoms with van der Waals surface area (Å²) in [7, 11) is 0. The van der Waals surface area contributed by atoms with Crippen molar-refractivity contribution in [1.82, 2.24) is 10.2 Å². The number of aryl methyl sites for hydroxylation is 1. The van der Waals surface area contributed by atoms with Gasteiger partial charge >= 0.3 is 0 Å². The molecular formula is C20H24N2O3S. The van der Waals surface area contributed by atoms with Crippen molar-refractivity contribution in [2.75, 3.05) is 19.7 Å². The number of ether oxygens (including phenoxy) is 1. The molecule has 2 heterocycles. The van der Waals surface area contributed by atoms with Crippen molar-refractivity contribution in [2.24, 2.45) is 0 Å². The van der Waals surface area contributed by atoms with Gasteiger partial charge in [-0.05, 0) is 48.1 Å². The van der Waals surface area contributed by atoms with E-state index in [2.05, 4.69) is 16.8 Å². The number of hydrogen-bond donors (Lipinski definition) is 1. The highest BCUT2D eigenvalue weighted by Crippen LogP contribution is 2.24. The summed E-state index contributed by atoms with van der Waals surface area (Å²) < 4.78 is 5.59. The predicted octanol–water partition coefficient (Wildman–Crippen LogP) is 2.92. The Balaban J connectivity index is 1.32. The maximum Gasteiger partial charge on any atom is 0.223 e. The Bertz CT molecular complexity index is 772. The summed E-state index contributed by atoms with van der Waals surface area (Å²) in [6, 6.07) is 9.88. The van der Waals surface area contributed by atoms with Gasteiger partial charge in [-0.25, -0.2) is 0 Å². The Morgan fingerprint density at radius 2 is 2.15 bits per heavy atom. The quantitative estimate of drug-likeness (QED) is 0.761. The second kappa shape index (κ2) is 8.85. The molecule has 5 nitrogen and oxygen atoms in total. The molecule has 2 aromatic rings. The topological polar surface area (TPSA) is 58.6 Å². The molecule has 0 saturated carbocycles. The third-order valence-electron chi connectivity index (χ3n) is 4.41. The Labute approximate surface area is 158 Å². The van der Waals surface area contributed by atoms with Gasteiger partial charge in [0.15, 0.2) is 0 Å². The Hall–Kier alpha value is -2.34. The number of fused-ring (bicyclic) bond motifs is 1. The molecule has 1 N–H and O–H groups in total. The SMILES string of the molecule is Cc1cccc(OCCNC(=O)CCC(=O)N2CCc3sccc3C2)c1. The molecule has 0 fully saturated rings. The average molecular weight is 372 g/mol. The molecule has 6 heteroatoms. The number of carbonyl (C=O) groups is 2. The summed E-state index contributed by atoms with van der Waals surface area (Å²) in [4.78, 5) is 27.4. The summed E-state index contributed by atoms with van der Waals surface area (Å²) in [5.74, 6) is 0.736.